The number of hydrogen-bond donors (Lipinski definition) is 1. The second kappa shape index (κ2) is 4.39. The lowest BCUT2D eigenvalue weighted by molar-refractivity contribution is 0.0685. The predicted octanol–water partition coefficient (Wildman–Crippen LogP) is 1.31. The minimum atomic E-state index is -1.02. The summed E-state index contributed by atoms with van der Waals surface area (Å²) >= 11 is 1.18. The van der Waals surface area contributed by atoms with Gasteiger partial charge in [0.15, 0.2) is 10.9 Å². The Kier molecular flexibility index (Phi) is 2.71. The molecular formula is C11H9N5O2S. The summed E-state index contributed by atoms with van der Waals surface area (Å²) in [5.41, 5.74) is 0.716. The Labute approximate surface area is 111 Å². The van der Waals surface area contributed by atoms with E-state index in [-0.39, 0.29) is 5.69 Å². The average Bonchev–Trinajstić information content (AvgIpc) is 2.93. The molecule has 3 heterocycles. The maximum atomic E-state index is 11.4. The number of imidazole rings is 1. The first kappa shape index (κ1) is 11.7. The summed E-state index contributed by atoms with van der Waals surface area (Å²) in [5.74, 6) is -1.02. The van der Waals surface area contributed by atoms with Crippen molar-refractivity contribution in [3.63, 3.8) is 0 Å². The van der Waals surface area contributed by atoms with Crippen LogP contribution in [0.25, 0.3) is 5.65 Å². The zero-order chi connectivity index (χ0) is 13.4. The average molecular weight is 275 g/mol. The van der Waals surface area contributed by atoms with Gasteiger partial charge >= 0.3 is 5.97 Å². The van der Waals surface area contributed by atoms with Gasteiger partial charge in [0, 0.05) is 13.2 Å². The van der Waals surface area contributed by atoms with E-state index in [9.17, 15) is 9.90 Å². The molecule has 0 amide bonds. The Bertz CT molecular complexity index is 763. The van der Waals surface area contributed by atoms with Crippen LogP contribution < -0.4 is 0 Å². The van der Waals surface area contributed by atoms with Crippen LogP contribution >= 0.6 is 11.8 Å². The van der Waals surface area contributed by atoms with Gasteiger partial charge < -0.3 is 5.11 Å². The Morgan fingerprint density at radius 3 is 2.95 bits per heavy atom. The molecule has 0 aliphatic heterocycles. The van der Waals surface area contributed by atoms with Crippen molar-refractivity contribution >= 4 is 23.4 Å². The van der Waals surface area contributed by atoms with Gasteiger partial charge in [0.25, 0.3) is 0 Å². The van der Waals surface area contributed by atoms with Crippen LogP contribution in [0.1, 0.15) is 10.5 Å². The molecule has 7 nitrogen and oxygen atoms in total. The molecule has 96 valence electrons. The summed E-state index contributed by atoms with van der Waals surface area (Å²) in [6.07, 6.45) is 3.09. The smallest absolute Gasteiger partial charge is 0.355 e. The fraction of sp³-hybridized carbons (Fsp3) is 0.0909. The molecule has 0 bridgehead atoms. The number of carbonyl (C=O) groups is 1. The number of carboxylic acid groups (broad SMARTS) is 1. The molecule has 0 spiro atoms. The summed E-state index contributed by atoms with van der Waals surface area (Å²) in [7, 11) is 1.74. The molecule has 8 heteroatoms. The molecule has 0 atom stereocenters. The van der Waals surface area contributed by atoms with Gasteiger partial charge in [0.1, 0.15) is 17.0 Å². The molecule has 19 heavy (non-hydrogen) atoms. The minimum absolute atomic E-state index is 0.128. The lowest BCUT2D eigenvalue weighted by atomic mass is 10.4. The van der Waals surface area contributed by atoms with Crippen molar-refractivity contribution < 1.29 is 9.90 Å². The van der Waals surface area contributed by atoms with Crippen molar-refractivity contribution in [3.8, 4) is 0 Å². The summed E-state index contributed by atoms with van der Waals surface area (Å²) in [6, 6.07) is 5.33. The lowest BCUT2D eigenvalue weighted by Gasteiger charge is -1.99. The normalized spacial score (nSPS) is 11.0. The number of aromatic nitrogens is 5. The fourth-order valence-corrected chi connectivity index (χ4v) is 2.58. The zero-order valence-corrected chi connectivity index (χ0v) is 10.7. The molecular weight excluding hydrogens is 266 g/mol. The maximum Gasteiger partial charge on any atom is 0.355 e. The third-order valence-corrected chi connectivity index (χ3v) is 3.59. The number of carboxylic acids is 1. The van der Waals surface area contributed by atoms with Crippen molar-refractivity contribution in [2.75, 3.05) is 0 Å². The number of rotatable bonds is 3. The quantitative estimate of drug-likeness (QED) is 0.775. The topological polar surface area (TPSA) is 85.3 Å². The van der Waals surface area contributed by atoms with Gasteiger partial charge in [-0.25, -0.2) is 19.4 Å². The number of aryl methyl sites for hydroxylation is 1. The third-order valence-electron chi connectivity index (χ3n) is 2.56. The number of nitrogens with zero attached hydrogens (tertiary/aromatic N) is 5. The van der Waals surface area contributed by atoms with E-state index in [0.717, 1.165) is 0 Å². The highest BCUT2D eigenvalue weighted by Gasteiger charge is 2.20. The van der Waals surface area contributed by atoms with Crippen LogP contribution in [0.4, 0.5) is 0 Å². The second-order valence-corrected chi connectivity index (χ2v) is 4.72. The molecule has 0 unspecified atom stereocenters. The number of pyridine rings is 1. The first-order chi connectivity index (χ1) is 9.16. The monoisotopic (exact) mass is 275 g/mol. The van der Waals surface area contributed by atoms with E-state index >= 15 is 0 Å². The van der Waals surface area contributed by atoms with E-state index in [1.165, 1.54) is 18.1 Å². The van der Waals surface area contributed by atoms with Crippen LogP contribution in [0.15, 0.2) is 40.9 Å². The van der Waals surface area contributed by atoms with E-state index in [4.69, 9.17) is 0 Å². The Morgan fingerprint density at radius 1 is 1.42 bits per heavy atom. The molecule has 3 aromatic rings. The molecule has 0 saturated carbocycles. The predicted molar refractivity (Wildman–Crippen MR) is 67.3 cm³/mol. The second-order valence-electron chi connectivity index (χ2n) is 3.77. The van der Waals surface area contributed by atoms with Gasteiger partial charge in [-0.2, -0.15) is 5.10 Å². The molecule has 3 rings (SSSR count). The van der Waals surface area contributed by atoms with Crippen LogP contribution in [0, 0.1) is 0 Å². The highest BCUT2D eigenvalue weighted by atomic mass is 32.2. The first-order valence-electron chi connectivity index (χ1n) is 5.39. The van der Waals surface area contributed by atoms with Crippen molar-refractivity contribution in [1.82, 2.24) is 24.1 Å². The molecule has 0 aliphatic carbocycles. The zero-order valence-electron chi connectivity index (χ0n) is 9.89. The summed E-state index contributed by atoms with van der Waals surface area (Å²) < 4.78 is 3.11. The van der Waals surface area contributed by atoms with Gasteiger partial charge in [-0.1, -0.05) is 6.07 Å². The van der Waals surface area contributed by atoms with Crippen molar-refractivity contribution in [1.29, 1.82) is 0 Å². The van der Waals surface area contributed by atoms with Gasteiger partial charge in [0.2, 0.25) is 0 Å². The maximum absolute atomic E-state index is 11.4. The van der Waals surface area contributed by atoms with E-state index in [1.807, 2.05) is 6.07 Å². The highest BCUT2D eigenvalue weighted by Crippen LogP contribution is 2.28. The molecule has 0 fully saturated rings. The summed E-state index contributed by atoms with van der Waals surface area (Å²) in [4.78, 5) is 19.8. The Hall–Kier alpha value is -2.35. The van der Waals surface area contributed by atoms with E-state index in [1.54, 1.807) is 34.5 Å². The minimum Gasteiger partial charge on any atom is -0.476 e. The molecule has 1 N–H and O–H groups in total. The van der Waals surface area contributed by atoms with E-state index in [0.29, 0.717) is 15.8 Å². The van der Waals surface area contributed by atoms with E-state index in [2.05, 4.69) is 15.1 Å². The van der Waals surface area contributed by atoms with Crippen LogP contribution in [0.2, 0.25) is 0 Å². The summed E-state index contributed by atoms with van der Waals surface area (Å²) in [5, 5.41) is 14.3. The third kappa shape index (κ3) is 1.95. The van der Waals surface area contributed by atoms with E-state index < -0.39 is 5.97 Å². The number of hydrogen-bond acceptors (Lipinski definition) is 5. The molecule has 0 aliphatic rings. The Morgan fingerprint density at radius 2 is 2.26 bits per heavy atom. The van der Waals surface area contributed by atoms with Crippen LogP contribution in [-0.2, 0) is 7.05 Å². The summed E-state index contributed by atoms with van der Waals surface area (Å²) in [6.45, 7) is 0. The standard InChI is InChI=1S/C11H9N5O2S/c1-15-11(12-6-13-15)19-9-8(10(17)18)16-5-3-2-4-7(16)14-9/h2-6H,1H3,(H,17,18). The van der Waals surface area contributed by atoms with Gasteiger partial charge in [0.05, 0.1) is 0 Å². The van der Waals surface area contributed by atoms with Gasteiger partial charge in [-0.15, -0.1) is 0 Å². The van der Waals surface area contributed by atoms with Gasteiger partial charge in [-0.3, -0.25) is 4.40 Å². The molecule has 0 radical (unpaired) electrons. The van der Waals surface area contributed by atoms with Crippen LogP contribution in [0.3, 0.4) is 0 Å². The van der Waals surface area contributed by atoms with Gasteiger partial charge in [-0.05, 0) is 23.9 Å². The van der Waals surface area contributed by atoms with Crippen molar-refractivity contribution in [2.24, 2.45) is 7.05 Å². The lowest BCUT2D eigenvalue weighted by Crippen LogP contribution is -2.03. The first-order valence-corrected chi connectivity index (χ1v) is 6.20. The van der Waals surface area contributed by atoms with Crippen molar-refractivity contribution in [2.45, 2.75) is 10.2 Å². The molecule has 3 aromatic heterocycles. The SMILES string of the molecule is Cn1ncnc1Sc1nc2ccccn2c1C(=O)O. The Balaban J connectivity index is 2.15. The number of fused-ring (bicyclic) bond motifs is 1. The van der Waals surface area contributed by atoms with Crippen LogP contribution in [0.5, 0.6) is 0 Å². The molecule has 0 saturated heterocycles. The fourth-order valence-electron chi connectivity index (χ4n) is 1.70. The van der Waals surface area contributed by atoms with Crippen LogP contribution in [-0.4, -0.2) is 35.2 Å². The van der Waals surface area contributed by atoms with Crippen molar-refractivity contribution in [3.05, 3.63) is 36.4 Å². The number of aromatic carboxylic acids is 1. The largest absolute Gasteiger partial charge is 0.476 e. The molecule has 0 aromatic carbocycles. The highest BCUT2D eigenvalue weighted by molar-refractivity contribution is 7.99.